The van der Waals surface area contributed by atoms with Crippen molar-refractivity contribution in [3.63, 3.8) is 0 Å². The maximum atomic E-state index is 13.3. The minimum absolute atomic E-state index is 0.0478. The number of carbonyl (C=O) groups excluding carboxylic acids is 1. The van der Waals surface area contributed by atoms with Crippen LogP contribution in [0.2, 0.25) is 0 Å². The van der Waals surface area contributed by atoms with Crippen LogP contribution >= 0.6 is 0 Å². The lowest BCUT2D eigenvalue weighted by Crippen LogP contribution is -2.48. The van der Waals surface area contributed by atoms with Gasteiger partial charge in [0.05, 0.1) is 5.69 Å². The van der Waals surface area contributed by atoms with Gasteiger partial charge in [0.25, 0.3) is 5.91 Å². The van der Waals surface area contributed by atoms with Gasteiger partial charge in [-0.1, -0.05) is 5.16 Å². The molecule has 1 aromatic heterocycles. The van der Waals surface area contributed by atoms with Gasteiger partial charge in [-0.25, -0.2) is 8.78 Å². The molecular weight excluding hydrogens is 316 g/mol. The molecule has 0 N–H and O–H groups in total. The molecule has 0 saturated carbocycles. The second-order valence-corrected chi connectivity index (χ2v) is 6.03. The smallest absolute Gasteiger partial charge is 0.254 e. The Hall–Kier alpha value is -2.28. The van der Waals surface area contributed by atoms with E-state index in [2.05, 4.69) is 10.1 Å². The Morgan fingerprint density at radius 3 is 2.29 bits per heavy atom. The Morgan fingerprint density at radius 1 is 1.12 bits per heavy atom. The van der Waals surface area contributed by atoms with Crippen LogP contribution in [-0.2, 0) is 6.54 Å². The minimum Gasteiger partial charge on any atom is -0.361 e. The topological polar surface area (TPSA) is 49.6 Å². The highest BCUT2D eigenvalue weighted by Gasteiger charge is 2.24. The van der Waals surface area contributed by atoms with Gasteiger partial charge in [-0.05, 0) is 26.0 Å². The van der Waals surface area contributed by atoms with Crippen molar-refractivity contribution in [3.8, 4) is 0 Å². The number of rotatable bonds is 3. The molecule has 0 spiro atoms. The second kappa shape index (κ2) is 6.68. The van der Waals surface area contributed by atoms with Crippen LogP contribution in [0.1, 0.15) is 27.4 Å². The van der Waals surface area contributed by atoms with Gasteiger partial charge in [-0.2, -0.15) is 0 Å². The number of nitrogens with zero attached hydrogens (tertiary/aromatic N) is 3. The molecule has 1 aromatic carbocycles. The van der Waals surface area contributed by atoms with E-state index in [9.17, 15) is 13.6 Å². The number of carbonyl (C=O) groups is 1. The molecule has 2 aromatic rings. The fourth-order valence-corrected chi connectivity index (χ4v) is 2.92. The highest BCUT2D eigenvalue weighted by atomic mass is 19.1. The maximum absolute atomic E-state index is 13.3. The van der Waals surface area contributed by atoms with Crippen molar-refractivity contribution in [2.45, 2.75) is 20.4 Å². The molecule has 0 radical (unpaired) electrons. The molecule has 2 heterocycles. The van der Waals surface area contributed by atoms with E-state index in [1.54, 1.807) is 4.90 Å². The van der Waals surface area contributed by atoms with Crippen LogP contribution in [0.3, 0.4) is 0 Å². The number of piperazine rings is 1. The van der Waals surface area contributed by atoms with Gasteiger partial charge < -0.3 is 9.42 Å². The first-order valence-electron chi connectivity index (χ1n) is 7.83. The van der Waals surface area contributed by atoms with Crippen molar-refractivity contribution in [1.82, 2.24) is 15.0 Å². The number of aromatic nitrogens is 1. The molecule has 7 heteroatoms. The molecule has 1 saturated heterocycles. The van der Waals surface area contributed by atoms with Gasteiger partial charge in [0.2, 0.25) is 0 Å². The van der Waals surface area contributed by atoms with Gasteiger partial charge in [-0.15, -0.1) is 0 Å². The molecule has 0 atom stereocenters. The normalized spacial score (nSPS) is 15.8. The van der Waals surface area contributed by atoms with E-state index in [1.807, 2.05) is 13.8 Å². The summed E-state index contributed by atoms with van der Waals surface area (Å²) in [5.74, 6) is -1.02. The molecule has 128 valence electrons. The van der Waals surface area contributed by atoms with Crippen LogP contribution < -0.4 is 0 Å². The Kier molecular flexibility index (Phi) is 4.62. The van der Waals surface area contributed by atoms with Crippen LogP contribution in [0, 0.1) is 25.5 Å². The average Bonchev–Trinajstić information content (AvgIpc) is 2.86. The van der Waals surface area contributed by atoms with Gasteiger partial charge in [-0.3, -0.25) is 9.69 Å². The summed E-state index contributed by atoms with van der Waals surface area (Å²) in [7, 11) is 0. The number of aryl methyl sites for hydroxylation is 2. The molecule has 0 aliphatic carbocycles. The number of hydrogen-bond donors (Lipinski definition) is 0. The summed E-state index contributed by atoms with van der Waals surface area (Å²) < 4.78 is 31.7. The molecule has 5 nitrogen and oxygen atoms in total. The summed E-state index contributed by atoms with van der Waals surface area (Å²) in [6, 6.07) is 2.90. The van der Waals surface area contributed by atoms with Gasteiger partial charge in [0.1, 0.15) is 17.4 Å². The van der Waals surface area contributed by atoms with Crippen molar-refractivity contribution < 1.29 is 18.1 Å². The quantitative estimate of drug-likeness (QED) is 0.865. The highest BCUT2D eigenvalue weighted by molar-refractivity contribution is 5.94. The first-order chi connectivity index (χ1) is 11.4. The number of halogens is 2. The summed E-state index contributed by atoms with van der Waals surface area (Å²) in [6.07, 6.45) is 0. The predicted molar refractivity (Wildman–Crippen MR) is 83.5 cm³/mol. The number of amides is 1. The van der Waals surface area contributed by atoms with E-state index >= 15 is 0 Å². The molecule has 24 heavy (non-hydrogen) atoms. The number of benzene rings is 1. The van der Waals surface area contributed by atoms with Gasteiger partial charge in [0.15, 0.2) is 0 Å². The molecule has 1 aliphatic rings. The zero-order valence-electron chi connectivity index (χ0n) is 13.7. The van der Waals surface area contributed by atoms with Crippen LogP contribution in [0.25, 0.3) is 0 Å². The van der Waals surface area contributed by atoms with Crippen molar-refractivity contribution in [2.75, 3.05) is 26.2 Å². The predicted octanol–water partition coefficient (Wildman–Crippen LogP) is 2.53. The van der Waals surface area contributed by atoms with Crippen molar-refractivity contribution in [1.29, 1.82) is 0 Å². The fourth-order valence-electron chi connectivity index (χ4n) is 2.92. The lowest BCUT2D eigenvalue weighted by Gasteiger charge is -2.34. The maximum Gasteiger partial charge on any atom is 0.254 e. The highest BCUT2D eigenvalue weighted by Crippen LogP contribution is 2.17. The lowest BCUT2D eigenvalue weighted by molar-refractivity contribution is 0.0626. The summed E-state index contributed by atoms with van der Waals surface area (Å²) >= 11 is 0. The van der Waals surface area contributed by atoms with Crippen LogP contribution in [0.5, 0.6) is 0 Å². The number of hydrogen-bond acceptors (Lipinski definition) is 4. The monoisotopic (exact) mass is 335 g/mol. The van der Waals surface area contributed by atoms with Gasteiger partial charge in [0, 0.05) is 49.9 Å². The summed E-state index contributed by atoms with van der Waals surface area (Å²) in [6.45, 7) is 6.91. The van der Waals surface area contributed by atoms with E-state index in [0.29, 0.717) is 26.2 Å². The first kappa shape index (κ1) is 16.6. The Morgan fingerprint density at radius 2 is 1.75 bits per heavy atom. The Balaban J connectivity index is 1.61. The van der Waals surface area contributed by atoms with Crippen LogP contribution in [0.4, 0.5) is 8.78 Å². The molecular formula is C17H19F2N3O2. The summed E-state index contributed by atoms with van der Waals surface area (Å²) in [4.78, 5) is 16.2. The zero-order chi connectivity index (χ0) is 17.3. The third kappa shape index (κ3) is 3.46. The van der Waals surface area contributed by atoms with Crippen LogP contribution in [-0.4, -0.2) is 47.0 Å². The molecule has 0 bridgehead atoms. The summed E-state index contributed by atoms with van der Waals surface area (Å²) in [5.41, 5.74) is 2.00. The van der Waals surface area contributed by atoms with E-state index in [0.717, 1.165) is 41.8 Å². The van der Waals surface area contributed by atoms with Crippen LogP contribution in [0.15, 0.2) is 22.7 Å². The zero-order valence-corrected chi connectivity index (χ0v) is 13.7. The Labute approximate surface area is 138 Å². The van der Waals surface area contributed by atoms with Crippen molar-refractivity contribution in [2.24, 2.45) is 0 Å². The van der Waals surface area contributed by atoms with E-state index < -0.39 is 11.6 Å². The minimum atomic E-state index is -0.740. The molecule has 1 aliphatic heterocycles. The molecule has 0 unspecified atom stereocenters. The third-order valence-electron chi connectivity index (χ3n) is 4.33. The third-order valence-corrected chi connectivity index (χ3v) is 4.33. The SMILES string of the molecule is Cc1noc(C)c1CN1CCN(C(=O)c2cc(F)cc(F)c2)CC1. The standard InChI is InChI=1S/C17H19F2N3O2/c1-11-16(12(2)24-20-11)10-21-3-5-22(6-4-21)17(23)13-7-14(18)9-15(19)8-13/h7-9H,3-6,10H2,1-2H3. The molecule has 1 fully saturated rings. The second-order valence-electron chi connectivity index (χ2n) is 6.03. The summed E-state index contributed by atoms with van der Waals surface area (Å²) in [5, 5.41) is 3.94. The average molecular weight is 335 g/mol. The van der Waals surface area contributed by atoms with E-state index in [4.69, 9.17) is 4.52 Å². The fraction of sp³-hybridized carbons (Fsp3) is 0.412. The van der Waals surface area contributed by atoms with E-state index in [-0.39, 0.29) is 11.5 Å². The lowest BCUT2D eigenvalue weighted by atomic mass is 10.1. The molecule has 3 rings (SSSR count). The van der Waals surface area contributed by atoms with Gasteiger partial charge >= 0.3 is 0 Å². The van der Waals surface area contributed by atoms with Crippen molar-refractivity contribution in [3.05, 3.63) is 52.4 Å². The van der Waals surface area contributed by atoms with E-state index in [1.165, 1.54) is 0 Å². The largest absolute Gasteiger partial charge is 0.361 e. The first-order valence-corrected chi connectivity index (χ1v) is 7.83. The Bertz CT molecular complexity index is 713. The van der Waals surface area contributed by atoms with Crippen molar-refractivity contribution >= 4 is 5.91 Å². The molecule has 1 amide bonds.